The second-order valence-electron chi connectivity index (χ2n) is 5.53. The highest BCUT2D eigenvalue weighted by molar-refractivity contribution is 7.80. The molecule has 0 aliphatic heterocycles. The lowest BCUT2D eigenvalue weighted by atomic mass is 10.1. The first kappa shape index (κ1) is 25.4. The Labute approximate surface area is 185 Å². The molecule has 0 amide bonds. The number of rotatable bonds is 3. The molecule has 0 saturated heterocycles. The zero-order valence-corrected chi connectivity index (χ0v) is 18.3. The van der Waals surface area contributed by atoms with E-state index in [0.29, 0.717) is 27.0 Å². The number of halogens is 3. The minimum atomic E-state index is -0.788. The minimum Gasteiger partial charge on any atom is -0.396 e. The number of pyridine rings is 2. The lowest BCUT2D eigenvalue weighted by molar-refractivity contribution is 0.582. The summed E-state index contributed by atoms with van der Waals surface area (Å²) in [5, 5.41) is 0.454. The van der Waals surface area contributed by atoms with Gasteiger partial charge in [-0.2, -0.15) is 0 Å². The second kappa shape index (κ2) is 12.8. The van der Waals surface area contributed by atoms with Crippen LogP contribution in [0.3, 0.4) is 0 Å². The van der Waals surface area contributed by atoms with Gasteiger partial charge in [0.25, 0.3) is 0 Å². The van der Waals surface area contributed by atoms with Crippen molar-refractivity contribution in [3.8, 4) is 0 Å². The molecule has 30 heavy (non-hydrogen) atoms. The van der Waals surface area contributed by atoms with E-state index in [-0.39, 0.29) is 17.8 Å². The van der Waals surface area contributed by atoms with Gasteiger partial charge in [-0.15, -0.1) is 12.6 Å². The lowest BCUT2D eigenvalue weighted by Gasteiger charge is -2.04. The fraction of sp³-hybridized carbons (Fsp3) is 0.143. The molecule has 0 aliphatic carbocycles. The van der Waals surface area contributed by atoms with Crippen LogP contribution >= 0.6 is 24.2 Å². The fourth-order valence-electron chi connectivity index (χ4n) is 2.09. The maximum atomic E-state index is 13.7. The van der Waals surface area contributed by atoms with Gasteiger partial charge in [0.15, 0.2) is 5.82 Å². The van der Waals surface area contributed by atoms with Gasteiger partial charge in [-0.1, -0.05) is 31.5 Å². The Balaban J connectivity index is 0.000000375. The largest absolute Gasteiger partial charge is 0.396 e. The number of anilines is 2. The Morgan fingerprint density at radius 3 is 2.37 bits per heavy atom. The predicted molar refractivity (Wildman–Crippen MR) is 124 cm³/mol. The first-order chi connectivity index (χ1) is 14.3. The highest BCUT2D eigenvalue weighted by Gasteiger charge is 2.09. The molecule has 1 aromatic carbocycles. The Bertz CT molecular complexity index is 978. The molecule has 3 rings (SSSR count). The molecule has 0 bridgehead atoms. The van der Waals surface area contributed by atoms with E-state index in [1.807, 2.05) is 13.8 Å². The third-order valence-electron chi connectivity index (χ3n) is 3.58. The average molecular weight is 452 g/mol. The van der Waals surface area contributed by atoms with E-state index >= 15 is 0 Å². The Hall–Kier alpha value is -2.68. The highest BCUT2D eigenvalue weighted by Crippen LogP contribution is 2.21. The molecule has 0 atom stereocenters. The summed E-state index contributed by atoms with van der Waals surface area (Å²) in [6.45, 7) is 4.24. The van der Waals surface area contributed by atoms with Crippen molar-refractivity contribution in [2.45, 2.75) is 25.3 Å². The summed E-state index contributed by atoms with van der Waals surface area (Å²) in [6.07, 6.45) is 5.94. The molecular weight excluding hydrogens is 428 g/mol. The number of benzene rings is 1. The van der Waals surface area contributed by atoms with Crippen LogP contribution in [0.5, 0.6) is 0 Å². The normalized spacial score (nSPS) is 10.1. The van der Waals surface area contributed by atoms with Gasteiger partial charge in [0.05, 0.1) is 5.69 Å². The first-order valence-electron chi connectivity index (χ1n) is 8.99. The summed E-state index contributed by atoms with van der Waals surface area (Å²) in [5.41, 5.74) is 17.5. The SMILES string of the molecule is CC.NCc1cc(C=Cc2c(F)ccc(N)c2F)cnc1N.Sc1cccnc1Cl. The van der Waals surface area contributed by atoms with Crippen LogP contribution in [0.15, 0.2) is 47.6 Å². The third kappa shape index (κ3) is 7.29. The van der Waals surface area contributed by atoms with Gasteiger partial charge in [0, 0.05) is 35.0 Å². The minimum absolute atomic E-state index is 0.107. The van der Waals surface area contributed by atoms with Crippen LogP contribution in [-0.4, -0.2) is 9.97 Å². The Morgan fingerprint density at radius 1 is 1.10 bits per heavy atom. The van der Waals surface area contributed by atoms with E-state index in [9.17, 15) is 8.78 Å². The number of nitrogens with zero attached hydrogens (tertiary/aromatic N) is 2. The maximum absolute atomic E-state index is 13.7. The van der Waals surface area contributed by atoms with Crippen molar-refractivity contribution in [3.05, 3.63) is 76.2 Å². The van der Waals surface area contributed by atoms with Crippen molar-refractivity contribution >= 4 is 47.9 Å². The van der Waals surface area contributed by atoms with E-state index in [2.05, 4.69) is 22.6 Å². The van der Waals surface area contributed by atoms with Crippen LogP contribution in [0.2, 0.25) is 5.15 Å². The molecule has 3 aromatic rings. The van der Waals surface area contributed by atoms with Crippen molar-refractivity contribution in [1.29, 1.82) is 0 Å². The molecule has 6 N–H and O–H groups in total. The van der Waals surface area contributed by atoms with Crippen LogP contribution in [0.4, 0.5) is 20.3 Å². The number of nitrogens with two attached hydrogens (primary N) is 3. The molecule has 0 saturated carbocycles. The third-order valence-corrected chi connectivity index (χ3v) is 4.37. The average Bonchev–Trinajstić information content (AvgIpc) is 2.76. The van der Waals surface area contributed by atoms with Gasteiger partial charge < -0.3 is 17.2 Å². The first-order valence-corrected chi connectivity index (χ1v) is 9.81. The van der Waals surface area contributed by atoms with Crippen molar-refractivity contribution in [2.75, 3.05) is 11.5 Å². The Kier molecular flexibility index (Phi) is 10.8. The predicted octanol–water partition coefficient (Wildman–Crippen LogP) is 5.20. The van der Waals surface area contributed by atoms with Crippen LogP contribution < -0.4 is 17.2 Å². The van der Waals surface area contributed by atoms with Crippen LogP contribution in [-0.2, 0) is 6.54 Å². The summed E-state index contributed by atoms with van der Waals surface area (Å²) < 4.78 is 27.2. The molecular formula is C21H24ClF2N5S. The second-order valence-corrected chi connectivity index (χ2v) is 6.37. The molecule has 5 nitrogen and oxygen atoms in total. The van der Waals surface area contributed by atoms with Gasteiger partial charge in [0.2, 0.25) is 0 Å². The maximum Gasteiger partial charge on any atom is 0.156 e. The van der Waals surface area contributed by atoms with Gasteiger partial charge >= 0.3 is 0 Å². The summed E-state index contributed by atoms with van der Waals surface area (Å²) in [7, 11) is 0. The molecule has 2 heterocycles. The highest BCUT2D eigenvalue weighted by atomic mass is 35.5. The summed E-state index contributed by atoms with van der Waals surface area (Å²) in [6, 6.07) is 7.58. The number of thiol groups is 1. The molecule has 0 aliphatic rings. The standard InChI is InChI=1S/C14H14F2N4.C5H4ClNS.C2H6/c15-11-3-4-12(18)13(16)10(11)2-1-8-5-9(6-17)14(19)20-7-8;6-5-4(8)2-1-3-7-5;1-2/h1-5,7H,6,17-18H2,(H2,19,20);1-3,8H;1-2H3. The van der Waals surface area contributed by atoms with Crippen molar-refractivity contribution in [2.24, 2.45) is 5.73 Å². The van der Waals surface area contributed by atoms with Crippen LogP contribution in [0, 0.1) is 11.6 Å². The molecule has 0 unspecified atom stereocenters. The number of hydrogen-bond donors (Lipinski definition) is 4. The van der Waals surface area contributed by atoms with Gasteiger partial charge in [-0.05, 0) is 42.0 Å². The molecule has 2 aromatic heterocycles. The number of nitrogen functional groups attached to an aromatic ring is 2. The molecule has 0 radical (unpaired) electrons. The smallest absolute Gasteiger partial charge is 0.156 e. The zero-order valence-electron chi connectivity index (χ0n) is 16.6. The summed E-state index contributed by atoms with van der Waals surface area (Å²) in [5.74, 6) is -1.13. The number of hydrogen-bond acceptors (Lipinski definition) is 6. The molecule has 0 fully saturated rings. The van der Waals surface area contributed by atoms with E-state index < -0.39 is 11.6 Å². The zero-order chi connectivity index (χ0) is 22.7. The van der Waals surface area contributed by atoms with E-state index in [0.717, 1.165) is 6.07 Å². The van der Waals surface area contributed by atoms with E-state index in [1.165, 1.54) is 24.4 Å². The van der Waals surface area contributed by atoms with Crippen LogP contribution in [0.25, 0.3) is 12.2 Å². The quantitative estimate of drug-likeness (QED) is 0.249. The Morgan fingerprint density at radius 2 is 1.80 bits per heavy atom. The monoisotopic (exact) mass is 451 g/mol. The van der Waals surface area contributed by atoms with Crippen LogP contribution in [0.1, 0.15) is 30.5 Å². The summed E-state index contributed by atoms with van der Waals surface area (Å²) in [4.78, 5) is 8.44. The molecule has 0 spiro atoms. The van der Waals surface area contributed by atoms with E-state index in [4.69, 9.17) is 28.8 Å². The van der Waals surface area contributed by atoms with E-state index in [1.54, 1.807) is 24.4 Å². The van der Waals surface area contributed by atoms with Crippen molar-refractivity contribution in [3.63, 3.8) is 0 Å². The lowest BCUT2D eigenvalue weighted by Crippen LogP contribution is -2.03. The topological polar surface area (TPSA) is 104 Å². The fourth-order valence-corrected chi connectivity index (χ4v) is 2.35. The van der Waals surface area contributed by atoms with Crippen molar-refractivity contribution in [1.82, 2.24) is 9.97 Å². The van der Waals surface area contributed by atoms with Crippen molar-refractivity contribution < 1.29 is 8.78 Å². The van der Waals surface area contributed by atoms with Gasteiger partial charge in [-0.3, -0.25) is 0 Å². The summed E-state index contributed by atoms with van der Waals surface area (Å²) >= 11 is 9.52. The number of aromatic nitrogens is 2. The molecule has 9 heteroatoms. The van der Waals surface area contributed by atoms with Gasteiger partial charge in [0.1, 0.15) is 16.8 Å². The molecule has 160 valence electrons. The van der Waals surface area contributed by atoms with Gasteiger partial charge in [-0.25, -0.2) is 18.7 Å².